The number of pyridine rings is 1. The van der Waals surface area contributed by atoms with Crippen LogP contribution in [0, 0.1) is 0 Å². The van der Waals surface area contributed by atoms with Crippen LogP contribution in [0.15, 0.2) is 29.5 Å². The van der Waals surface area contributed by atoms with Crippen LogP contribution in [-0.2, 0) is 10.3 Å². The molecule has 1 aromatic rings. The van der Waals surface area contributed by atoms with Crippen molar-refractivity contribution in [1.82, 2.24) is 10.3 Å². The molecule has 0 aliphatic rings. The van der Waals surface area contributed by atoms with Crippen molar-refractivity contribution in [3.63, 3.8) is 0 Å². The van der Waals surface area contributed by atoms with Crippen LogP contribution < -0.4 is 5.32 Å². The molecule has 0 aromatic carbocycles. The molecule has 0 aliphatic heterocycles. The summed E-state index contributed by atoms with van der Waals surface area (Å²) in [4.78, 5) is 18.1. The van der Waals surface area contributed by atoms with Gasteiger partial charge in [0.2, 0.25) is 0 Å². The van der Waals surface area contributed by atoms with Gasteiger partial charge in [-0.2, -0.15) is 0 Å². The Kier molecular flexibility index (Phi) is 5.10. The Morgan fingerprint density at radius 3 is 3.00 bits per heavy atom. The maximum absolute atomic E-state index is 11.4. The van der Waals surface area contributed by atoms with E-state index in [9.17, 15) is 9.90 Å². The van der Waals surface area contributed by atoms with Crippen molar-refractivity contribution in [3.8, 4) is 0 Å². The smallest absolute Gasteiger partial charge is 0.329 e. The molecule has 0 spiro atoms. The standard InChI is InChI=1S/C11H15N5O2/c1-11(10(17)18,9-5-2-3-6-13-9)14-7-4-8-15-16-12/h2-3,5-6,14H,4,7-8H2,1H3,(H,17,18). The molecule has 0 radical (unpaired) electrons. The Hall–Kier alpha value is -2.11. The van der Waals surface area contributed by atoms with Gasteiger partial charge in [0.25, 0.3) is 0 Å². The van der Waals surface area contributed by atoms with E-state index in [2.05, 4.69) is 20.3 Å². The lowest BCUT2D eigenvalue weighted by molar-refractivity contribution is -0.144. The van der Waals surface area contributed by atoms with Crippen molar-refractivity contribution in [3.05, 3.63) is 40.5 Å². The molecule has 0 aliphatic carbocycles. The third-order valence-electron chi connectivity index (χ3n) is 2.58. The fraction of sp³-hybridized carbons (Fsp3) is 0.455. The number of carboxylic acids is 1. The first-order chi connectivity index (χ1) is 8.61. The largest absolute Gasteiger partial charge is 0.480 e. The second kappa shape index (κ2) is 6.58. The Morgan fingerprint density at radius 2 is 2.44 bits per heavy atom. The third kappa shape index (κ3) is 3.44. The Labute approximate surface area is 104 Å². The van der Waals surface area contributed by atoms with Crippen LogP contribution in [0.1, 0.15) is 19.0 Å². The van der Waals surface area contributed by atoms with E-state index >= 15 is 0 Å². The summed E-state index contributed by atoms with van der Waals surface area (Å²) in [5.74, 6) is -0.995. The summed E-state index contributed by atoms with van der Waals surface area (Å²) in [6, 6.07) is 5.13. The maximum atomic E-state index is 11.4. The van der Waals surface area contributed by atoms with E-state index in [1.54, 1.807) is 31.3 Å². The zero-order valence-corrected chi connectivity index (χ0v) is 10.1. The van der Waals surface area contributed by atoms with Gasteiger partial charge in [0.1, 0.15) is 0 Å². The predicted molar refractivity (Wildman–Crippen MR) is 65.9 cm³/mol. The van der Waals surface area contributed by atoms with Crippen molar-refractivity contribution in [1.29, 1.82) is 0 Å². The summed E-state index contributed by atoms with van der Waals surface area (Å²) >= 11 is 0. The number of carbonyl (C=O) groups is 1. The average molecular weight is 249 g/mol. The van der Waals surface area contributed by atoms with Gasteiger partial charge in [-0.3, -0.25) is 10.3 Å². The van der Waals surface area contributed by atoms with E-state index in [0.717, 1.165) is 0 Å². The molecule has 0 bridgehead atoms. The molecule has 1 heterocycles. The van der Waals surface area contributed by atoms with Crippen LogP contribution in [0.25, 0.3) is 10.4 Å². The molecule has 0 fully saturated rings. The van der Waals surface area contributed by atoms with Crippen molar-refractivity contribution >= 4 is 5.97 Å². The molecule has 1 rings (SSSR count). The lowest BCUT2D eigenvalue weighted by Crippen LogP contribution is -2.47. The van der Waals surface area contributed by atoms with Gasteiger partial charge in [0.05, 0.1) is 5.69 Å². The van der Waals surface area contributed by atoms with E-state index in [-0.39, 0.29) is 0 Å². The molecular formula is C11H15N5O2. The van der Waals surface area contributed by atoms with Crippen molar-refractivity contribution in [2.24, 2.45) is 5.11 Å². The van der Waals surface area contributed by atoms with E-state index in [1.807, 2.05) is 0 Å². The number of rotatable bonds is 7. The highest BCUT2D eigenvalue weighted by atomic mass is 16.4. The van der Waals surface area contributed by atoms with Crippen LogP contribution in [0.3, 0.4) is 0 Å². The molecule has 2 N–H and O–H groups in total. The van der Waals surface area contributed by atoms with Crippen molar-refractivity contribution in [2.45, 2.75) is 18.9 Å². The van der Waals surface area contributed by atoms with Gasteiger partial charge in [-0.25, -0.2) is 4.79 Å². The van der Waals surface area contributed by atoms with Crippen molar-refractivity contribution in [2.75, 3.05) is 13.1 Å². The fourth-order valence-corrected chi connectivity index (χ4v) is 1.47. The Balaban J connectivity index is 2.70. The molecule has 0 saturated heterocycles. The lowest BCUT2D eigenvalue weighted by atomic mass is 9.97. The summed E-state index contributed by atoms with van der Waals surface area (Å²) in [7, 11) is 0. The maximum Gasteiger partial charge on any atom is 0.329 e. The van der Waals surface area contributed by atoms with Gasteiger partial charge in [-0.1, -0.05) is 11.2 Å². The summed E-state index contributed by atoms with van der Waals surface area (Å²) < 4.78 is 0. The van der Waals surface area contributed by atoms with Crippen LogP contribution in [-0.4, -0.2) is 29.1 Å². The second-order valence-electron chi connectivity index (χ2n) is 3.88. The summed E-state index contributed by atoms with van der Waals surface area (Å²) in [5, 5.41) is 15.6. The number of nitrogens with zero attached hydrogens (tertiary/aromatic N) is 4. The summed E-state index contributed by atoms with van der Waals surface area (Å²) in [6.07, 6.45) is 2.12. The van der Waals surface area contributed by atoms with Crippen LogP contribution in [0.5, 0.6) is 0 Å². The van der Waals surface area contributed by atoms with Gasteiger partial charge in [0.15, 0.2) is 5.54 Å². The molecule has 1 aromatic heterocycles. The van der Waals surface area contributed by atoms with Gasteiger partial charge in [0, 0.05) is 17.7 Å². The van der Waals surface area contributed by atoms with Crippen molar-refractivity contribution < 1.29 is 9.90 Å². The number of azide groups is 1. The number of aromatic nitrogens is 1. The van der Waals surface area contributed by atoms with Gasteiger partial charge >= 0.3 is 5.97 Å². The topological polar surface area (TPSA) is 111 Å². The highest BCUT2D eigenvalue weighted by Gasteiger charge is 2.35. The quantitative estimate of drug-likeness (QED) is 0.331. The lowest BCUT2D eigenvalue weighted by Gasteiger charge is -2.25. The minimum absolute atomic E-state index is 0.335. The number of carboxylic acid groups (broad SMARTS) is 1. The first-order valence-electron chi connectivity index (χ1n) is 5.52. The monoisotopic (exact) mass is 249 g/mol. The van der Waals surface area contributed by atoms with Crippen LogP contribution in [0.2, 0.25) is 0 Å². The van der Waals surface area contributed by atoms with E-state index in [4.69, 9.17) is 5.53 Å². The number of hydrogen-bond donors (Lipinski definition) is 2. The first-order valence-corrected chi connectivity index (χ1v) is 5.52. The third-order valence-corrected chi connectivity index (χ3v) is 2.58. The molecule has 1 unspecified atom stereocenters. The second-order valence-corrected chi connectivity index (χ2v) is 3.88. The van der Waals surface area contributed by atoms with Gasteiger partial charge < -0.3 is 5.11 Å². The van der Waals surface area contributed by atoms with Gasteiger partial charge in [-0.15, -0.1) is 0 Å². The normalized spacial score (nSPS) is 13.4. The average Bonchev–Trinajstić information content (AvgIpc) is 2.39. The van der Waals surface area contributed by atoms with E-state index in [0.29, 0.717) is 25.2 Å². The minimum Gasteiger partial charge on any atom is -0.480 e. The Morgan fingerprint density at radius 1 is 1.67 bits per heavy atom. The highest BCUT2D eigenvalue weighted by molar-refractivity contribution is 5.79. The van der Waals surface area contributed by atoms with Crippen LogP contribution in [0.4, 0.5) is 0 Å². The number of hydrogen-bond acceptors (Lipinski definition) is 4. The molecule has 1 atom stereocenters. The van der Waals surface area contributed by atoms with E-state index in [1.165, 1.54) is 0 Å². The SMILES string of the molecule is CC(NCCCN=[N+]=[N-])(C(=O)O)c1ccccn1. The predicted octanol–water partition coefficient (Wildman–Crippen LogP) is 1.67. The molecule has 0 saturated carbocycles. The Bertz CT molecular complexity index is 444. The van der Waals surface area contributed by atoms with Gasteiger partial charge in [-0.05, 0) is 37.6 Å². The summed E-state index contributed by atoms with van der Waals surface area (Å²) in [5.41, 5.74) is 7.33. The molecule has 7 heteroatoms. The number of nitrogens with one attached hydrogen (secondary N) is 1. The minimum atomic E-state index is -1.24. The highest BCUT2D eigenvalue weighted by Crippen LogP contribution is 2.18. The zero-order valence-electron chi connectivity index (χ0n) is 10.1. The zero-order chi connectivity index (χ0) is 13.4. The molecule has 0 amide bonds. The molecular weight excluding hydrogens is 234 g/mol. The molecule has 96 valence electrons. The molecule has 18 heavy (non-hydrogen) atoms. The van der Waals surface area contributed by atoms with Crippen LogP contribution >= 0.6 is 0 Å². The fourth-order valence-electron chi connectivity index (χ4n) is 1.47. The van der Waals surface area contributed by atoms with E-state index < -0.39 is 11.5 Å². The number of aliphatic carboxylic acids is 1. The summed E-state index contributed by atoms with van der Waals surface area (Å²) in [6.45, 7) is 2.32. The first kappa shape index (κ1) is 14.0. The molecule has 7 nitrogen and oxygen atoms in total.